The molecule has 2 N–H and O–H groups in total. The molecule has 0 radical (unpaired) electrons. The Labute approximate surface area is 177 Å². The molecular weight excluding hydrogens is 412 g/mol. The van der Waals surface area contributed by atoms with E-state index in [1.165, 1.54) is 36.9 Å². The SMILES string of the molecule is CCOC(=O)C1=C(CSCC(C)N)N=C(C)C([N+](=O)[O-])C1c1cccc([N+](=O)[O-])c1. The van der Waals surface area contributed by atoms with Crippen LogP contribution in [0.3, 0.4) is 0 Å². The minimum atomic E-state index is -1.34. The predicted molar refractivity (Wildman–Crippen MR) is 114 cm³/mol. The molecule has 1 heterocycles. The largest absolute Gasteiger partial charge is 0.463 e. The van der Waals surface area contributed by atoms with E-state index in [4.69, 9.17) is 10.5 Å². The third-order valence-electron chi connectivity index (χ3n) is 4.46. The number of aliphatic imine (C=N–C) groups is 1. The van der Waals surface area contributed by atoms with Crippen LogP contribution in [0.15, 0.2) is 40.5 Å². The number of hydrogen-bond donors (Lipinski definition) is 1. The van der Waals surface area contributed by atoms with Crippen molar-refractivity contribution in [2.24, 2.45) is 10.7 Å². The number of nitrogens with two attached hydrogens (primary N) is 1. The molecule has 1 aliphatic heterocycles. The fourth-order valence-electron chi connectivity index (χ4n) is 3.28. The summed E-state index contributed by atoms with van der Waals surface area (Å²) in [7, 11) is 0. The normalized spacial score (nSPS) is 19.8. The molecule has 30 heavy (non-hydrogen) atoms. The summed E-state index contributed by atoms with van der Waals surface area (Å²) >= 11 is 1.45. The standard InChI is InChI=1S/C19H24N4O6S/c1-4-29-19(24)17-15(10-30-9-11(2)20)21-12(3)18(23(27)28)16(17)13-6-5-7-14(8-13)22(25)26/h5-8,11,16,18H,4,9-10,20H2,1-3H3. The number of esters is 1. The number of nitro groups is 2. The lowest BCUT2D eigenvalue weighted by Crippen LogP contribution is -2.40. The molecule has 1 aromatic carbocycles. The molecule has 0 aliphatic carbocycles. The van der Waals surface area contributed by atoms with E-state index < -0.39 is 27.8 Å². The van der Waals surface area contributed by atoms with Gasteiger partial charge in [0.1, 0.15) is 0 Å². The number of carbonyl (C=O) groups is 1. The van der Waals surface area contributed by atoms with E-state index in [1.807, 2.05) is 6.92 Å². The highest BCUT2D eigenvalue weighted by Gasteiger charge is 2.45. The lowest BCUT2D eigenvalue weighted by molar-refractivity contribution is -0.505. The van der Waals surface area contributed by atoms with Crippen LogP contribution >= 0.6 is 11.8 Å². The quantitative estimate of drug-likeness (QED) is 0.352. The second kappa shape index (κ2) is 10.3. The number of ether oxygens (including phenoxy) is 1. The van der Waals surface area contributed by atoms with Crippen LogP contribution in [0.25, 0.3) is 0 Å². The molecule has 0 saturated heterocycles. The number of rotatable bonds is 9. The zero-order valence-electron chi connectivity index (χ0n) is 16.9. The van der Waals surface area contributed by atoms with Crippen LogP contribution in [0, 0.1) is 20.2 Å². The molecule has 3 atom stereocenters. The molecule has 1 aromatic rings. The van der Waals surface area contributed by atoms with Gasteiger partial charge in [-0.2, -0.15) is 11.8 Å². The van der Waals surface area contributed by atoms with E-state index in [2.05, 4.69) is 4.99 Å². The minimum Gasteiger partial charge on any atom is -0.463 e. The Bertz CT molecular complexity index is 899. The van der Waals surface area contributed by atoms with Gasteiger partial charge in [-0.05, 0) is 26.3 Å². The third kappa shape index (κ3) is 5.42. The van der Waals surface area contributed by atoms with Crippen molar-refractivity contribution < 1.29 is 19.4 Å². The first kappa shape index (κ1) is 23.5. The van der Waals surface area contributed by atoms with E-state index in [0.717, 1.165) is 0 Å². The number of nitrogens with zero attached hydrogens (tertiary/aromatic N) is 3. The molecule has 0 amide bonds. The van der Waals surface area contributed by atoms with Gasteiger partial charge in [0, 0.05) is 34.6 Å². The van der Waals surface area contributed by atoms with Crippen LogP contribution in [-0.2, 0) is 9.53 Å². The van der Waals surface area contributed by atoms with Gasteiger partial charge in [-0.1, -0.05) is 12.1 Å². The van der Waals surface area contributed by atoms with Crippen molar-refractivity contribution in [2.45, 2.75) is 38.8 Å². The summed E-state index contributed by atoms with van der Waals surface area (Å²) in [5.74, 6) is -0.854. The monoisotopic (exact) mass is 436 g/mol. The van der Waals surface area contributed by atoms with Gasteiger partial charge in [-0.3, -0.25) is 25.2 Å². The van der Waals surface area contributed by atoms with Gasteiger partial charge in [-0.15, -0.1) is 0 Å². The molecule has 0 fully saturated rings. The first-order valence-corrected chi connectivity index (χ1v) is 10.5. The zero-order chi connectivity index (χ0) is 22.4. The second-order valence-corrected chi connectivity index (χ2v) is 7.92. The molecule has 2 rings (SSSR count). The molecule has 0 saturated carbocycles. The van der Waals surface area contributed by atoms with Crippen molar-refractivity contribution in [1.82, 2.24) is 0 Å². The topological polar surface area (TPSA) is 151 Å². The van der Waals surface area contributed by atoms with Gasteiger partial charge in [0.2, 0.25) is 0 Å². The van der Waals surface area contributed by atoms with E-state index in [1.54, 1.807) is 13.0 Å². The van der Waals surface area contributed by atoms with Gasteiger partial charge in [0.25, 0.3) is 11.7 Å². The number of hydrogen-bond acceptors (Lipinski definition) is 9. The summed E-state index contributed by atoms with van der Waals surface area (Å²) in [4.78, 5) is 39.2. The molecule has 0 spiro atoms. The van der Waals surface area contributed by atoms with E-state index in [9.17, 15) is 25.0 Å². The highest BCUT2D eigenvalue weighted by molar-refractivity contribution is 7.99. The molecule has 3 unspecified atom stereocenters. The number of non-ortho nitro benzene ring substituents is 1. The Morgan fingerprint density at radius 3 is 2.63 bits per heavy atom. The second-order valence-electron chi connectivity index (χ2n) is 6.89. The van der Waals surface area contributed by atoms with Crippen molar-refractivity contribution in [1.29, 1.82) is 0 Å². The summed E-state index contributed by atoms with van der Waals surface area (Å²) in [6.45, 7) is 5.08. The van der Waals surface area contributed by atoms with Crippen molar-refractivity contribution in [3.63, 3.8) is 0 Å². The van der Waals surface area contributed by atoms with Crippen LogP contribution < -0.4 is 5.73 Å². The summed E-state index contributed by atoms with van der Waals surface area (Å²) in [6.07, 6.45) is 0. The Morgan fingerprint density at radius 1 is 1.37 bits per heavy atom. The highest BCUT2D eigenvalue weighted by atomic mass is 32.2. The molecule has 11 heteroatoms. The molecule has 0 aromatic heterocycles. The lowest BCUT2D eigenvalue weighted by Gasteiger charge is -2.28. The van der Waals surface area contributed by atoms with Gasteiger partial charge >= 0.3 is 5.97 Å². The van der Waals surface area contributed by atoms with Gasteiger partial charge in [0.05, 0.1) is 34.4 Å². The average molecular weight is 436 g/mol. The number of thioether (sulfide) groups is 1. The maximum atomic E-state index is 12.8. The number of nitro benzene ring substituents is 1. The van der Waals surface area contributed by atoms with Crippen LogP contribution in [0.1, 0.15) is 32.3 Å². The summed E-state index contributed by atoms with van der Waals surface area (Å²) in [5, 5.41) is 23.1. The zero-order valence-corrected chi connectivity index (χ0v) is 17.8. The van der Waals surface area contributed by atoms with Gasteiger partial charge in [-0.25, -0.2) is 4.79 Å². The fraction of sp³-hybridized carbons (Fsp3) is 0.474. The predicted octanol–water partition coefficient (Wildman–Crippen LogP) is 2.70. The highest BCUT2D eigenvalue weighted by Crippen LogP contribution is 2.39. The van der Waals surface area contributed by atoms with Crippen LogP contribution in [0.4, 0.5) is 5.69 Å². The van der Waals surface area contributed by atoms with Gasteiger partial charge in [0.15, 0.2) is 0 Å². The fourth-order valence-corrected chi connectivity index (χ4v) is 4.18. The van der Waals surface area contributed by atoms with Crippen molar-refractivity contribution in [3.05, 3.63) is 61.3 Å². The smallest absolute Gasteiger partial charge is 0.336 e. The Balaban J connectivity index is 2.66. The first-order chi connectivity index (χ1) is 14.2. The Kier molecular flexibility index (Phi) is 8.07. The maximum Gasteiger partial charge on any atom is 0.336 e. The molecule has 1 aliphatic rings. The molecule has 10 nitrogen and oxygen atoms in total. The summed E-state index contributed by atoms with van der Waals surface area (Å²) in [5.41, 5.74) is 6.51. The average Bonchev–Trinajstić information content (AvgIpc) is 2.67. The van der Waals surface area contributed by atoms with Crippen molar-refractivity contribution in [2.75, 3.05) is 18.1 Å². The lowest BCUT2D eigenvalue weighted by atomic mass is 9.80. The van der Waals surface area contributed by atoms with E-state index in [-0.39, 0.29) is 35.2 Å². The van der Waals surface area contributed by atoms with Crippen LogP contribution in [0.5, 0.6) is 0 Å². The summed E-state index contributed by atoms with van der Waals surface area (Å²) < 4.78 is 5.18. The van der Waals surface area contributed by atoms with Crippen LogP contribution in [0.2, 0.25) is 0 Å². The maximum absolute atomic E-state index is 12.8. The number of carbonyl (C=O) groups excluding carboxylic acids is 1. The molecular formula is C19H24N4O6S. The molecule has 162 valence electrons. The summed E-state index contributed by atoms with van der Waals surface area (Å²) in [6, 6.07) is 4.12. The van der Waals surface area contributed by atoms with Gasteiger partial charge < -0.3 is 10.5 Å². The van der Waals surface area contributed by atoms with E-state index in [0.29, 0.717) is 17.2 Å². The Hall–Kier alpha value is -2.79. The minimum absolute atomic E-state index is 0.0572. The van der Waals surface area contributed by atoms with Crippen LogP contribution in [-0.4, -0.2) is 51.7 Å². The number of benzene rings is 1. The van der Waals surface area contributed by atoms with E-state index >= 15 is 0 Å². The molecule has 0 bridgehead atoms. The van der Waals surface area contributed by atoms with Crippen molar-refractivity contribution in [3.8, 4) is 0 Å². The Morgan fingerprint density at radius 2 is 2.07 bits per heavy atom. The van der Waals surface area contributed by atoms with Crippen molar-refractivity contribution >= 4 is 29.1 Å². The third-order valence-corrected chi connectivity index (χ3v) is 5.70. The first-order valence-electron chi connectivity index (χ1n) is 9.33.